The summed E-state index contributed by atoms with van der Waals surface area (Å²) in [4.78, 5) is 34.2. The molecule has 8 heteroatoms. The maximum absolute atomic E-state index is 13.4. The van der Waals surface area contributed by atoms with Crippen LogP contribution in [0.25, 0.3) is 6.08 Å². The molecule has 0 saturated carbocycles. The van der Waals surface area contributed by atoms with Gasteiger partial charge in [-0.15, -0.1) is 0 Å². The van der Waals surface area contributed by atoms with Crippen LogP contribution in [0.4, 0.5) is 21.5 Å². The number of hydrogen-bond acceptors (Lipinski definition) is 5. The van der Waals surface area contributed by atoms with Crippen molar-refractivity contribution in [1.82, 2.24) is 0 Å². The number of amidine groups is 1. The van der Waals surface area contributed by atoms with Gasteiger partial charge in [0, 0.05) is 25.5 Å². The summed E-state index contributed by atoms with van der Waals surface area (Å²) in [7, 11) is 3.93. The molecule has 4 rings (SSSR count). The number of rotatable bonds is 6. The molecule has 2 amide bonds. The van der Waals surface area contributed by atoms with E-state index in [1.165, 1.54) is 40.9 Å². The van der Waals surface area contributed by atoms with E-state index in [1.807, 2.05) is 73.6 Å². The fourth-order valence-corrected chi connectivity index (χ4v) is 4.32. The third-order valence-corrected chi connectivity index (χ3v) is 6.37. The van der Waals surface area contributed by atoms with Gasteiger partial charge in [0.25, 0.3) is 5.91 Å². The quantitative estimate of drug-likeness (QED) is 0.472. The van der Waals surface area contributed by atoms with Gasteiger partial charge >= 0.3 is 0 Å². The number of nitrogens with zero attached hydrogens (tertiary/aromatic N) is 3. The van der Waals surface area contributed by atoms with Gasteiger partial charge in [0.2, 0.25) is 5.91 Å². The monoisotopic (exact) mass is 488 g/mol. The first-order valence-electron chi connectivity index (χ1n) is 11.0. The van der Waals surface area contributed by atoms with Crippen LogP contribution in [0.1, 0.15) is 12.5 Å². The summed E-state index contributed by atoms with van der Waals surface area (Å²) in [6.45, 7) is 1.74. The highest BCUT2D eigenvalue weighted by Gasteiger charge is 2.34. The molecule has 0 aromatic heterocycles. The average Bonchev–Trinajstić information content (AvgIpc) is 3.15. The lowest BCUT2D eigenvalue weighted by Crippen LogP contribution is -2.33. The Balaban J connectivity index is 1.59. The smallest absolute Gasteiger partial charge is 0.283 e. The molecule has 0 fully saturated rings. The molecule has 178 valence electrons. The van der Waals surface area contributed by atoms with Crippen molar-refractivity contribution in [2.75, 3.05) is 29.2 Å². The highest BCUT2D eigenvalue weighted by molar-refractivity contribution is 8.15. The van der Waals surface area contributed by atoms with E-state index in [0.717, 1.165) is 11.3 Å². The molecule has 1 N–H and O–H groups in total. The molecule has 0 aliphatic carbocycles. The lowest BCUT2D eigenvalue weighted by atomic mass is 10.1. The van der Waals surface area contributed by atoms with E-state index in [0.29, 0.717) is 22.2 Å². The number of benzene rings is 3. The van der Waals surface area contributed by atoms with Gasteiger partial charge in [-0.2, -0.15) is 0 Å². The number of anilines is 3. The van der Waals surface area contributed by atoms with Gasteiger partial charge in [0.05, 0.1) is 10.9 Å². The van der Waals surface area contributed by atoms with E-state index < -0.39 is 5.25 Å². The van der Waals surface area contributed by atoms with Crippen molar-refractivity contribution in [2.45, 2.75) is 12.2 Å². The third-order valence-electron chi connectivity index (χ3n) is 5.32. The van der Waals surface area contributed by atoms with Crippen LogP contribution in [0.2, 0.25) is 0 Å². The topological polar surface area (TPSA) is 65.0 Å². The average molecular weight is 489 g/mol. The Kier molecular flexibility index (Phi) is 7.31. The van der Waals surface area contributed by atoms with Gasteiger partial charge in [-0.1, -0.05) is 42.1 Å². The Morgan fingerprint density at radius 2 is 1.69 bits per heavy atom. The highest BCUT2D eigenvalue weighted by atomic mass is 32.2. The first-order valence-corrected chi connectivity index (χ1v) is 11.9. The van der Waals surface area contributed by atoms with Crippen molar-refractivity contribution in [2.24, 2.45) is 4.99 Å². The zero-order chi connectivity index (χ0) is 24.9. The Morgan fingerprint density at radius 1 is 1.03 bits per heavy atom. The maximum Gasteiger partial charge on any atom is 0.283 e. The number of carbonyl (C=O) groups excluding carboxylic acids is 2. The maximum atomic E-state index is 13.4. The van der Waals surface area contributed by atoms with Crippen molar-refractivity contribution in [3.05, 3.63) is 95.9 Å². The molecular formula is C27H25FN4O2S. The molecule has 0 spiro atoms. The number of hydrogen-bond donors (Lipinski definition) is 1. The Hall–Kier alpha value is -3.91. The summed E-state index contributed by atoms with van der Waals surface area (Å²) in [6, 6.07) is 22.6. The molecule has 6 nitrogen and oxygen atoms in total. The molecule has 3 aromatic carbocycles. The predicted octanol–water partition coefficient (Wildman–Crippen LogP) is 5.40. The molecule has 1 aliphatic rings. The fourth-order valence-electron chi connectivity index (χ4n) is 3.40. The standard InChI is InChI=1S/C27H25FN4O2S/c1-18(25(33)29-21-13-11-20(28)12-14-21)35-27-30-24(17-19-9-15-22(16-10-19)31(2)3)26(34)32(27)23-7-5-4-6-8-23/h4-18H,1-3H3,(H,29,33)/b24-17+. The summed E-state index contributed by atoms with van der Waals surface area (Å²) >= 11 is 1.19. The van der Waals surface area contributed by atoms with Crippen LogP contribution in [0.3, 0.4) is 0 Å². The van der Waals surface area contributed by atoms with Crippen LogP contribution in [-0.2, 0) is 9.59 Å². The number of para-hydroxylation sites is 1. The minimum atomic E-state index is -0.559. The first-order chi connectivity index (χ1) is 16.8. The van der Waals surface area contributed by atoms with Gasteiger partial charge in [-0.25, -0.2) is 9.38 Å². The van der Waals surface area contributed by atoms with Gasteiger partial charge in [-0.3, -0.25) is 14.5 Å². The number of nitrogens with one attached hydrogen (secondary N) is 1. The third kappa shape index (κ3) is 5.78. The lowest BCUT2D eigenvalue weighted by molar-refractivity contribution is -0.115. The van der Waals surface area contributed by atoms with Crippen molar-refractivity contribution in [1.29, 1.82) is 0 Å². The van der Waals surface area contributed by atoms with Gasteiger partial charge in [0.1, 0.15) is 11.5 Å². The minimum Gasteiger partial charge on any atom is -0.378 e. The van der Waals surface area contributed by atoms with Crippen LogP contribution in [0, 0.1) is 5.82 Å². The summed E-state index contributed by atoms with van der Waals surface area (Å²) < 4.78 is 13.2. The number of aliphatic imine (C=N–C) groups is 1. The van der Waals surface area contributed by atoms with Crippen LogP contribution < -0.4 is 15.1 Å². The van der Waals surface area contributed by atoms with Crippen LogP contribution in [-0.4, -0.2) is 36.3 Å². The van der Waals surface area contributed by atoms with Crippen molar-refractivity contribution in [3.63, 3.8) is 0 Å². The van der Waals surface area contributed by atoms with Crippen molar-refractivity contribution < 1.29 is 14.0 Å². The molecular weight excluding hydrogens is 463 g/mol. The van der Waals surface area contributed by atoms with Crippen LogP contribution in [0.15, 0.2) is 89.6 Å². The van der Waals surface area contributed by atoms with Crippen LogP contribution >= 0.6 is 11.8 Å². The second-order valence-corrected chi connectivity index (χ2v) is 9.45. The fraction of sp³-hybridized carbons (Fsp3) is 0.148. The molecule has 1 heterocycles. The van der Waals surface area contributed by atoms with Gasteiger partial charge < -0.3 is 10.2 Å². The van der Waals surface area contributed by atoms with E-state index in [4.69, 9.17) is 0 Å². The lowest BCUT2D eigenvalue weighted by Gasteiger charge is -2.20. The molecule has 1 unspecified atom stereocenters. The van der Waals surface area contributed by atoms with E-state index in [-0.39, 0.29) is 17.6 Å². The molecule has 1 aliphatic heterocycles. The second kappa shape index (κ2) is 10.6. The predicted molar refractivity (Wildman–Crippen MR) is 142 cm³/mol. The Labute approximate surface area is 208 Å². The largest absolute Gasteiger partial charge is 0.378 e. The van der Waals surface area contributed by atoms with E-state index in [1.54, 1.807) is 13.0 Å². The number of carbonyl (C=O) groups is 2. The van der Waals surface area contributed by atoms with Gasteiger partial charge in [-0.05, 0) is 67.1 Å². The molecule has 35 heavy (non-hydrogen) atoms. The number of amides is 2. The van der Waals surface area contributed by atoms with E-state index in [2.05, 4.69) is 10.3 Å². The Bertz CT molecular complexity index is 1270. The molecule has 1 atom stereocenters. The summed E-state index contributed by atoms with van der Waals surface area (Å²) in [6.07, 6.45) is 1.74. The highest BCUT2D eigenvalue weighted by Crippen LogP contribution is 2.31. The minimum absolute atomic E-state index is 0.262. The number of halogens is 1. The van der Waals surface area contributed by atoms with Crippen LogP contribution in [0.5, 0.6) is 0 Å². The zero-order valence-electron chi connectivity index (χ0n) is 19.6. The van der Waals surface area contributed by atoms with E-state index in [9.17, 15) is 14.0 Å². The normalized spacial score (nSPS) is 15.2. The van der Waals surface area contributed by atoms with E-state index >= 15 is 0 Å². The van der Waals surface area contributed by atoms with Crippen molar-refractivity contribution in [3.8, 4) is 0 Å². The molecule has 0 radical (unpaired) electrons. The molecule has 0 saturated heterocycles. The molecule has 0 bridgehead atoms. The number of thioether (sulfide) groups is 1. The summed E-state index contributed by atoms with van der Waals surface area (Å²) in [5, 5.41) is 2.63. The van der Waals surface area contributed by atoms with Crippen molar-refractivity contribution >= 4 is 51.9 Å². The van der Waals surface area contributed by atoms with Gasteiger partial charge in [0.15, 0.2) is 5.17 Å². The zero-order valence-corrected chi connectivity index (χ0v) is 20.4. The second-order valence-electron chi connectivity index (χ2n) is 8.14. The summed E-state index contributed by atoms with van der Waals surface area (Å²) in [5.41, 5.74) is 3.36. The molecule has 3 aromatic rings. The SMILES string of the molecule is CC(SC1=N/C(=C/c2ccc(N(C)C)cc2)C(=O)N1c1ccccc1)C(=O)Nc1ccc(F)cc1. The first kappa shape index (κ1) is 24.2. The Morgan fingerprint density at radius 3 is 2.31 bits per heavy atom. The summed E-state index contributed by atoms with van der Waals surface area (Å²) in [5.74, 6) is -0.915.